The van der Waals surface area contributed by atoms with Crippen molar-refractivity contribution in [2.45, 2.75) is 32.4 Å². The first kappa shape index (κ1) is 14.5. The summed E-state index contributed by atoms with van der Waals surface area (Å²) < 4.78 is 6.58. The highest BCUT2D eigenvalue weighted by atomic mass is 16.5. The second kappa shape index (κ2) is 6.51. The molecule has 110 valence electrons. The van der Waals surface area contributed by atoms with Crippen molar-refractivity contribution in [1.82, 2.24) is 20.4 Å². The number of nitrogens with zero attached hydrogens (tertiary/aromatic N) is 2. The summed E-state index contributed by atoms with van der Waals surface area (Å²) in [6.07, 6.45) is 3.63. The molecule has 7 heteroatoms. The molecule has 20 heavy (non-hydrogen) atoms. The van der Waals surface area contributed by atoms with Gasteiger partial charge in [0.25, 0.3) is 0 Å². The van der Waals surface area contributed by atoms with E-state index in [1.54, 1.807) is 18.7 Å². The smallest absolute Gasteiger partial charge is 0.341 e. The number of esters is 1. The number of aryl methyl sites for hydroxylation is 1. The van der Waals surface area contributed by atoms with Crippen molar-refractivity contribution in [3.8, 4) is 0 Å². The second-order valence-corrected chi connectivity index (χ2v) is 4.79. The van der Waals surface area contributed by atoms with Crippen LogP contribution in [0.15, 0.2) is 6.20 Å². The fraction of sp³-hybridized carbons (Fsp3) is 0.615. The molecule has 2 N–H and O–H groups in total. The van der Waals surface area contributed by atoms with Gasteiger partial charge in [0.2, 0.25) is 5.91 Å². The van der Waals surface area contributed by atoms with E-state index in [1.807, 2.05) is 0 Å². The minimum Gasteiger partial charge on any atom is -0.462 e. The molecule has 7 nitrogen and oxygen atoms in total. The second-order valence-electron chi connectivity index (χ2n) is 4.79. The number of aromatic nitrogens is 2. The molecule has 2 rings (SSSR count). The third kappa shape index (κ3) is 3.80. The van der Waals surface area contributed by atoms with Crippen molar-refractivity contribution >= 4 is 11.9 Å². The molecule has 1 aliphatic carbocycles. The van der Waals surface area contributed by atoms with Crippen molar-refractivity contribution in [3.05, 3.63) is 17.5 Å². The van der Waals surface area contributed by atoms with Crippen LogP contribution in [0.25, 0.3) is 0 Å². The molecular formula is C13H20N4O3. The van der Waals surface area contributed by atoms with Crippen LogP contribution >= 0.6 is 0 Å². The van der Waals surface area contributed by atoms with Crippen LogP contribution in [-0.2, 0) is 23.1 Å². The van der Waals surface area contributed by atoms with E-state index in [0.717, 1.165) is 12.8 Å². The van der Waals surface area contributed by atoms with Crippen molar-refractivity contribution in [1.29, 1.82) is 0 Å². The number of hydrogen-bond donors (Lipinski definition) is 2. The fourth-order valence-corrected chi connectivity index (χ4v) is 1.85. The van der Waals surface area contributed by atoms with Gasteiger partial charge in [-0.1, -0.05) is 0 Å². The number of ether oxygens (including phenoxy) is 1. The highest BCUT2D eigenvalue weighted by Crippen LogP contribution is 2.18. The van der Waals surface area contributed by atoms with Crippen LogP contribution < -0.4 is 10.6 Å². The number of amides is 1. The van der Waals surface area contributed by atoms with Crippen LogP contribution in [0.1, 0.15) is 35.8 Å². The number of nitrogens with one attached hydrogen (secondary N) is 2. The van der Waals surface area contributed by atoms with Gasteiger partial charge in [-0.25, -0.2) is 4.79 Å². The molecular weight excluding hydrogens is 260 g/mol. The van der Waals surface area contributed by atoms with Crippen LogP contribution in [0, 0.1) is 0 Å². The van der Waals surface area contributed by atoms with Gasteiger partial charge in [0.1, 0.15) is 5.56 Å². The Labute approximate surface area is 117 Å². The first-order chi connectivity index (χ1) is 9.61. The zero-order valence-electron chi connectivity index (χ0n) is 11.8. The lowest BCUT2D eigenvalue weighted by atomic mass is 10.2. The molecule has 1 fully saturated rings. The van der Waals surface area contributed by atoms with Gasteiger partial charge >= 0.3 is 5.97 Å². The number of rotatable bonds is 7. The molecule has 1 aromatic rings. The molecule has 1 aliphatic rings. The van der Waals surface area contributed by atoms with Crippen molar-refractivity contribution in [2.24, 2.45) is 7.05 Å². The first-order valence-corrected chi connectivity index (χ1v) is 6.80. The van der Waals surface area contributed by atoms with Crippen LogP contribution in [-0.4, -0.2) is 40.9 Å². The summed E-state index contributed by atoms with van der Waals surface area (Å²) in [5.74, 6) is -0.410. The molecule has 0 unspecified atom stereocenters. The summed E-state index contributed by atoms with van der Waals surface area (Å²) in [7, 11) is 1.75. The monoisotopic (exact) mass is 280 g/mol. The number of hydrogen-bond acceptors (Lipinski definition) is 5. The lowest BCUT2D eigenvalue weighted by Gasteiger charge is -2.08. The molecule has 0 saturated heterocycles. The Hall–Kier alpha value is -1.89. The molecule has 0 radical (unpaired) electrons. The van der Waals surface area contributed by atoms with Crippen molar-refractivity contribution in [2.75, 3.05) is 13.2 Å². The maximum atomic E-state index is 11.7. The van der Waals surface area contributed by atoms with Gasteiger partial charge in [-0.3, -0.25) is 9.48 Å². The highest BCUT2D eigenvalue weighted by molar-refractivity contribution is 5.90. The van der Waals surface area contributed by atoms with Gasteiger partial charge in [-0.15, -0.1) is 0 Å². The lowest BCUT2D eigenvalue weighted by molar-refractivity contribution is -0.120. The lowest BCUT2D eigenvalue weighted by Crippen LogP contribution is -2.35. The van der Waals surface area contributed by atoms with E-state index in [2.05, 4.69) is 15.7 Å². The summed E-state index contributed by atoms with van der Waals surface area (Å²) in [5.41, 5.74) is 1.15. The van der Waals surface area contributed by atoms with Gasteiger partial charge in [0, 0.05) is 19.6 Å². The summed E-state index contributed by atoms with van der Waals surface area (Å²) >= 11 is 0. The van der Waals surface area contributed by atoms with Gasteiger partial charge in [0.05, 0.1) is 25.0 Å². The van der Waals surface area contributed by atoms with Crippen molar-refractivity contribution in [3.63, 3.8) is 0 Å². The van der Waals surface area contributed by atoms with Gasteiger partial charge in [0.15, 0.2) is 0 Å². The third-order valence-corrected chi connectivity index (χ3v) is 3.08. The molecule has 0 spiro atoms. The van der Waals surface area contributed by atoms with Crippen LogP contribution in [0.2, 0.25) is 0 Å². The Morgan fingerprint density at radius 1 is 1.50 bits per heavy atom. The Morgan fingerprint density at radius 2 is 2.25 bits per heavy atom. The highest BCUT2D eigenvalue weighted by Gasteiger charge is 2.23. The van der Waals surface area contributed by atoms with E-state index < -0.39 is 0 Å². The SMILES string of the molecule is CCOC(=O)c1cnn(C)c1CNCC(=O)NC1CC1. The maximum Gasteiger partial charge on any atom is 0.341 e. The molecule has 1 heterocycles. The fourth-order valence-electron chi connectivity index (χ4n) is 1.85. The molecule has 0 aliphatic heterocycles. The van der Waals surface area contributed by atoms with Crippen LogP contribution in [0.5, 0.6) is 0 Å². The van der Waals surface area contributed by atoms with E-state index in [9.17, 15) is 9.59 Å². The zero-order chi connectivity index (χ0) is 14.5. The molecule has 1 amide bonds. The Balaban J connectivity index is 1.86. The Morgan fingerprint density at radius 3 is 2.90 bits per heavy atom. The minimum atomic E-state index is -0.389. The summed E-state index contributed by atoms with van der Waals surface area (Å²) in [4.78, 5) is 23.3. The number of carbonyl (C=O) groups excluding carboxylic acids is 2. The Bertz CT molecular complexity index is 494. The number of carbonyl (C=O) groups is 2. The Kier molecular flexibility index (Phi) is 4.73. The molecule has 0 aromatic carbocycles. The average molecular weight is 280 g/mol. The van der Waals surface area contributed by atoms with Gasteiger partial charge in [-0.2, -0.15) is 5.10 Å². The summed E-state index contributed by atoms with van der Waals surface area (Å²) in [6, 6.07) is 0.357. The van der Waals surface area contributed by atoms with E-state index in [1.165, 1.54) is 6.20 Å². The molecule has 0 atom stereocenters. The van der Waals surface area contributed by atoms with Crippen LogP contribution in [0.3, 0.4) is 0 Å². The quantitative estimate of drug-likeness (QED) is 0.685. The predicted molar refractivity (Wildman–Crippen MR) is 72.0 cm³/mol. The minimum absolute atomic E-state index is 0.0210. The molecule has 0 bridgehead atoms. The van der Waals surface area contributed by atoms with E-state index >= 15 is 0 Å². The first-order valence-electron chi connectivity index (χ1n) is 6.80. The normalized spacial score (nSPS) is 14.1. The summed E-state index contributed by atoms with van der Waals surface area (Å²) in [6.45, 7) is 2.70. The summed E-state index contributed by atoms with van der Waals surface area (Å²) in [5, 5.41) is 9.96. The largest absolute Gasteiger partial charge is 0.462 e. The van der Waals surface area contributed by atoms with Crippen LogP contribution in [0.4, 0.5) is 0 Å². The van der Waals surface area contributed by atoms with Gasteiger partial charge in [-0.05, 0) is 19.8 Å². The maximum absolute atomic E-state index is 11.7. The van der Waals surface area contributed by atoms with E-state index in [-0.39, 0.29) is 18.4 Å². The predicted octanol–water partition coefficient (Wildman–Crippen LogP) is -0.0350. The zero-order valence-corrected chi connectivity index (χ0v) is 11.8. The molecule has 1 aromatic heterocycles. The topological polar surface area (TPSA) is 85.2 Å². The van der Waals surface area contributed by atoms with Crippen molar-refractivity contribution < 1.29 is 14.3 Å². The average Bonchev–Trinajstić information content (AvgIpc) is 3.13. The van der Waals surface area contributed by atoms with E-state index in [0.29, 0.717) is 30.5 Å². The van der Waals surface area contributed by atoms with Gasteiger partial charge < -0.3 is 15.4 Å². The molecule has 1 saturated carbocycles. The van der Waals surface area contributed by atoms with E-state index in [4.69, 9.17) is 4.74 Å². The standard InChI is InChI=1S/C13H20N4O3/c1-3-20-13(19)10-6-15-17(2)11(10)7-14-8-12(18)16-9-4-5-9/h6,9,14H,3-5,7-8H2,1-2H3,(H,16,18). The third-order valence-electron chi connectivity index (χ3n) is 3.08.